The van der Waals surface area contributed by atoms with Gasteiger partial charge in [0.05, 0.1) is 11.4 Å². The number of amides is 1. The Balaban J connectivity index is 1.40. The molecule has 0 radical (unpaired) electrons. The molecule has 0 aliphatic carbocycles. The maximum absolute atomic E-state index is 12.5. The summed E-state index contributed by atoms with van der Waals surface area (Å²) in [6, 6.07) is 17.8. The quantitative estimate of drug-likeness (QED) is 0.517. The smallest absolute Gasteiger partial charge is 0.224 e. The number of imidazole rings is 1. The second kappa shape index (κ2) is 8.37. The van der Waals surface area contributed by atoms with E-state index < -0.39 is 0 Å². The predicted molar refractivity (Wildman–Crippen MR) is 118 cm³/mol. The number of rotatable bonds is 6. The summed E-state index contributed by atoms with van der Waals surface area (Å²) in [6.07, 6.45) is 4.76. The van der Waals surface area contributed by atoms with Gasteiger partial charge >= 0.3 is 0 Å². The number of anilines is 1. The minimum Gasteiger partial charge on any atom is -0.326 e. The summed E-state index contributed by atoms with van der Waals surface area (Å²) < 4.78 is 3.95. The largest absolute Gasteiger partial charge is 0.326 e. The van der Waals surface area contributed by atoms with Gasteiger partial charge in [0.25, 0.3) is 0 Å². The van der Waals surface area contributed by atoms with Crippen molar-refractivity contribution in [2.45, 2.75) is 33.6 Å². The van der Waals surface area contributed by atoms with E-state index in [0.717, 1.165) is 39.8 Å². The third-order valence-corrected chi connectivity index (χ3v) is 5.30. The molecule has 0 fully saturated rings. The number of benzene rings is 2. The van der Waals surface area contributed by atoms with Crippen molar-refractivity contribution in [1.82, 2.24) is 19.3 Å². The molecule has 152 valence electrons. The molecule has 0 aliphatic rings. The number of carbonyl (C=O) groups is 1. The number of aryl methyl sites for hydroxylation is 2. The molecule has 6 heteroatoms. The van der Waals surface area contributed by atoms with Crippen molar-refractivity contribution < 1.29 is 4.79 Å². The van der Waals surface area contributed by atoms with Gasteiger partial charge < -0.3 is 9.88 Å². The topological polar surface area (TPSA) is 64.7 Å². The third-order valence-electron chi connectivity index (χ3n) is 5.30. The molecule has 0 unspecified atom stereocenters. The molecule has 0 atom stereocenters. The number of nitrogens with zero attached hydrogens (tertiary/aromatic N) is 4. The Morgan fingerprint density at radius 1 is 0.967 bits per heavy atom. The Morgan fingerprint density at radius 2 is 1.70 bits per heavy atom. The molecular weight excluding hydrogens is 374 g/mol. The van der Waals surface area contributed by atoms with Crippen LogP contribution in [0.15, 0.2) is 67.0 Å². The van der Waals surface area contributed by atoms with Crippen molar-refractivity contribution in [3.05, 3.63) is 89.8 Å². The van der Waals surface area contributed by atoms with E-state index in [2.05, 4.69) is 22.3 Å². The average Bonchev–Trinajstić information content (AvgIpc) is 3.30. The van der Waals surface area contributed by atoms with E-state index in [0.29, 0.717) is 12.8 Å². The van der Waals surface area contributed by atoms with Gasteiger partial charge in [0.15, 0.2) is 0 Å². The summed E-state index contributed by atoms with van der Waals surface area (Å²) in [5, 5.41) is 7.65. The van der Waals surface area contributed by atoms with Crippen molar-refractivity contribution in [1.29, 1.82) is 0 Å². The minimum atomic E-state index is -0.00665. The van der Waals surface area contributed by atoms with E-state index in [1.807, 2.05) is 83.9 Å². The molecule has 6 nitrogen and oxygen atoms in total. The van der Waals surface area contributed by atoms with Gasteiger partial charge in [-0.05, 0) is 69.2 Å². The predicted octanol–water partition coefficient (Wildman–Crippen LogP) is 4.55. The number of para-hydroxylation sites is 1. The van der Waals surface area contributed by atoms with Gasteiger partial charge in [0.1, 0.15) is 5.82 Å². The van der Waals surface area contributed by atoms with Crippen molar-refractivity contribution >= 4 is 11.6 Å². The number of carbonyl (C=O) groups excluding carboxylic acids is 1. The van der Waals surface area contributed by atoms with E-state index >= 15 is 0 Å². The number of hydrogen-bond acceptors (Lipinski definition) is 3. The van der Waals surface area contributed by atoms with Gasteiger partial charge in [-0.2, -0.15) is 5.10 Å². The molecule has 4 aromatic rings. The molecule has 1 amide bonds. The van der Waals surface area contributed by atoms with Gasteiger partial charge in [-0.3, -0.25) is 4.79 Å². The summed E-state index contributed by atoms with van der Waals surface area (Å²) in [7, 11) is 0. The lowest BCUT2D eigenvalue weighted by Crippen LogP contribution is -2.13. The van der Waals surface area contributed by atoms with Crippen molar-refractivity contribution in [3.63, 3.8) is 0 Å². The van der Waals surface area contributed by atoms with E-state index in [4.69, 9.17) is 0 Å². The fraction of sp³-hybridized carbons (Fsp3) is 0.208. The van der Waals surface area contributed by atoms with Gasteiger partial charge in [-0.25, -0.2) is 9.67 Å². The molecule has 0 saturated carbocycles. The zero-order valence-corrected chi connectivity index (χ0v) is 17.5. The highest BCUT2D eigenvalue weighted by molar-refractivity contribution is 5.90. The fourth-order valence-electron chi connectivity index (χ4n) is 3.68. The van der Waals surface area contributed by atoms with Crippen LogP contribution in [0.5, 0.6) is 0 Å². The summed E-state index contributed by atoms with van der Waals surface area (Å²) >= 11 is 0. The zero-order valence-electron chi connectivity index (χ0n) is 17.5. The van der Waals surface area contributed by atoms with Crippen LogP contribution in [-0.4, -0.2) is 25.2 Å². The summed E-state index contributed by atoms with van der Waals surface area (Å²) in [5.74, 6) is 0.918. The van der Waals surface area contributed by atoms with Crippen LogP contribution in [0.2, 0.25) is 0 Å². The minimum absolute atomic E-state index is 0.00665. The SMILES string of the molecule is Cc1nn(-c2ccccc2)c(C)c1CCC(=O)Nc1ccc(-n2ccnc2C)cc1. The molecule has 2 aromatic carbocycles. The molecular formula is C24H25N5O. The van der Waals surface area contributed by atoms with Crippen molar-refractivity contribution in [3.8, 4) is 11.4 Å². The lowest BCUT2D eigenvalue weighted by atomic mass is 10.1. The summed E-state index contributed by atoms with van der Waals surface area (Å²) in [6.45, 7) is 6.01. The van der Waals surface area contributed by atoms with Gasteiger partial charge in [0, 0.05) is 35.9 Å². The van der Waals surface area contributed by atoms with Crippen LogP contribution in [0.25, 0.3) is 11.4 Å². The number of hydrogen-bond donors (Lipinski definition) is 1. The lowest BCUT2D eigenvalue weighted by molar-refractivity contribution is -0.116. The molecule has 1 N–H and O–H groups in total. The summed E-state index contributed by atoms with van der Waals surface area (Å²) in [5.41, 5.74) is 6.00. The molecule has 2 heterocycles. The van der Waals surface area contributed by atoms with E-state index in [9.17, 15) is 4.79 Å². The molecule has 0 bridgehead atoms. The Labute approximate surface area is 176 Å². The Bertz CT molecular complexity index is 1160. The maximum atomic E-state index is 12.5. The second-order valence-corrected chi connectivity index (χ2v) is 7.34. The fourth-order valence-corrected chi connectivity index (χ4v) is 3.68. The van der Waals surface area contributed by atoms with Crippen LogP contribution >= 0.6 is 0 Å². The number of nitrogens with one attached hydrogen (secondary N) is 1. The van der Waals surface area contributed by atoms with Crippen LogP contribution in [0, 0.1) is 20.8 Å². The monoisotopic (exact) mass is 399 g/mol. The van der Waals surface area contributed by atoms with E-state index in [-0.39, 0.29) is 5.91 Å². The highest BCUT2D eigenvalue weighted by Gasteiger charge is 2.14. The third kappa shape index (κ3) is 4.03. The summed E-state index contributed by atoms with van der Waals surface area (Å²) in [4.78, 5) is 16.7. The highest BCUT2D eigenvalue weighted by atomic mass is 16.1. The normalized spacial score (nSPS) is 10.9. The Kier molecular flexibility index (Phi) is 5.48. The first-order valence-electron chi connectivity index (χ1n) is 10.0. The molecule has 30 heavy (non-hydrogen) atoms. The Morgan fingerprint density at radius 3 is 2.37 bits per heavy atom. The molecule has 0 spiro atoms. The molecule has 0 aliphatic heterocycles. The van der Waals surface area contributed by atoms with Crippen LogP contribution in [0.4, 0.5) is 5.69 Å². The van der Waals surface area contributed by atoms with Crippen molar-refractivity contribution in [2.75, 3.05) is 5.32 Å². The van der Waals surface area contributed by atoms with Crippen LogP contribution < -0.4 is 5.32 Å². The first-order valence-corrected chi connectivity index (χ1v) is 10.0. The molecule has 2 aromatic heterocycles. The van der Waals surface area contributed by atoms with E-state index in [1.165, 1.54) is 0 Å². The number of aromatic nitrogens is 4. The first-order chi connectivity index (χ1) is 14.5. The second-order valence-electron chi connectivity index (χ2n) is 7.34. The lowest BCUT2D eigenvalue weighted by Gasteiger charge is -2.09. The standard InChI is InChI=1S/C24H25N5O/c1-17-23(18(2)29(27-17)22-7-5-4-6-8-22)13-14-24(30)26-20-9-11-21(12-10-20)28-16-15-25-19(28)3/h4-12,15-16H,13-14H2,1-3H3,(H,26,30). The highest BCUT2D eigenvalue weighted by Crippen LogP contribution is 2.20. The first kappa shape index (κ1) is 19.6. The van der Waals surface area contributed by atoms with Crippen LogP contribution in [0.3, 0.4) is 0 Å². The molecule has 4 rings (SSSR count). The zero-order chi connectivity index (χ0) is 21.1. The van der Waals surface area contributed by atoms with Crippen LogP contribution in [0.1, 0.15) is 29.2 Å². The average molecular weight is 399 g/mol. The Hall–Kier alpha value is -3.67. The van der Waals surface area contributed by atoms with Gasteiger partial charge in [-0.1, -0.05) is 18.2 Å². The van der Waals surface area contributed by atoms with Gasteiger partial charge in [-0.15, -0.1) is 0 Å². The maximum Gasteiger partial charge on any atom is 0.224 e. The van der Waals surface area contributed by atoms with Crippen molar-refractivity contribution in [2.24, 2.45) is 0 Å². The van der Waals surface area contributed by atoms with Crippen LogP contribution in [-0.2, 0) is 11.2 Å². The van der Waals surface area contributed by atoms with E-state index in [1.54, 1.807) is 6.20 Å². The van der Waals surface area contributed by atoms with Gasteiger partial charge in [0.2, 0.25) is 5.91 Å². The molecule has 0 saturated heterocycles.